The van der Waals surface area contributed by atoms with Crippen LogP contribution in [-0.2, 0) is 15.9 Å². The lowest BCUT2D eigenvalue weighted by atomic mass is 9.98. The predicted octanol–water partition coefficient (Wildman–Crippen LogP) is 2.82. The van der Waals surface area contributed by atoms with E-state index in [1.807, 2.05) is 0 Å². The molecule has 0 radical (unpaired) electrons. The molecule has 1 aromatic rings. The average molecular weight is 291 g/mol. The molecule has 1 fully saturated rings. The van der Waals surface area contributed by atoms with Crippen LogP contribution in [0.3, 0.4) is 0 Å². The Labute approximate surface area is 129 Å². The summed E-state index contributed by atoms with van der Waals surface area (Å²) in [4.78, 5) is 0. The maximum absolute atomic E-state index is 5.91. The number of hydrogen-bond donors (Lipinski definition) is 1. The van der Waals surface area contributed by atoms with Crippen molar-refractivity contribution in [3.05, 3.63) is 35.4 Å². The second kappa shape index (κ2) is 9.19. The molecule has 0 aromatic heterocycles. The first kappa shape index (κ1) is 16.5. The molecule has 2 rings (SSSR count). The topological polar surface area (TPSA) is 30.5 Å². The highest BCUT2D eigenvalue weighted by molar-refractivity contribution is 5.22. The molecule has 1 saturated carbocycles. The third kappa shape index (κ3) is 7.07. The Hall–Kier alpha value is -0.900. The van der Waals surface area contributed by atoms with Crippen molar-refractivity contribution in [2.75, 3.05) is 40.0 Å². The molecule has 0 saturated heterocycles. The summed E-state index contributed by atoms with van der Waals surface area (Å²) < 4.78 is 11.0. The van der Waals surface area contributed by atoms with Crippen LogP contribution in [0.5, 0.6) is 0 Å². The lowest BCUT2D eigenvalue weighted by molar-refractivity contribution is 0.0898. The zero-order valence-electron chi connectivity index (χ0n) is 13.4. The minimum Gasteiger partial charge on any atom is -0.383 e. The molecule has 0 amide bonds. The number of hydrogen-bond acceptors (Lipinski definition) is 3. The van der Waals surface area contributed by atoms with Crippen molar-refractivity contribution in [3.8, 4) is 0 Å². The first-order chi connectivity index (χ1) is 10.3. The van der Waals surface area contributed by atoms with E-state index in [4.69, 9.17) is 9.47 Å². The van der Waals surface area contributed by atoms with Crippen LogP contribution in [0.4, 0.5) is 0 Å². The van der Waals surface area contributed by atoms with Gasteiger partial charge in [-0.15, -0.1) is 0 Å². The summed E-state index contributed by atoms with van der Waals surface area (Å²) in [6.45, 7) is 6.61. The Balaban J connectivity index is 1.77. The summed E-state index contributed by atoms with van der Waals surface area (Å²) in [7, 11) is 1.74. The van der Waals surface area contributed by atoms with Gasteiger partial charge < -0.3 is 14.8 Å². The first-order valence-electron chi connectivity index (χ1n) is 8.11. The van der Waals surface area contributed by atoms with Crippen molar-refractivity contribution < 1.29 is 9.47 Å². The van der Waals surface area contributed by atoms with Gasteiger partial charge in [0.1, 0.15) is 0 Å². The molecule has 1 unspecified atom stereocenters. The van der Waals surface area contributed by atoms with E-state index in [0.29, 0.717) is 5.92 Å². The van der Waals surface area contributed by atoms with E-state index >= 15 is 0 Å². The van der Waals surface area contributed by atoms with E-state index in [1.165, 1.54) is 24.0 Å². The van der Waals surface area contributed by atoms with Gasteiger partial charge >= 0.3 is 0 Å². The SMILES string of the molecule is COCCNCC(COCC1CC1)Cc1cccc(C)c1. The molecular weight excluding hydrogens is 262 g/mol. The molecule has 3 heteroatoms. The van der Waals surface area contributed by atoms with Crippen LogP contribution in [0, 0.1) is 18.8 Å². The summed E-state index contributed by atoms with van der Waals surface area (Å²) >= 11 is 0. The van der Waals surface area contributed by atoms with E-state index in [0.717, 1.165) is 45.2 Å². The highest BCUT2D eigenvalue weighted by Crippen LogP contribution is 2.29. The van der Waals surface area contributed by atoms with Crippen molar-refractivity contribution in [2.45, 2.75) is 26.2 Å². The largest absolute Gasteiger partial charge is 0.383 e. The fourth-order valence-electron chi connectivity index (χ4n) is 2.53. The van der Waals surface area contributed by atoms with E-state index < -0.39 is 0 Å². The van der Waals surface area contributed by atoms with Crippen molar-refractivity contribution in [1.82, 2.24) is 5.32 Å². The molecule has 0 spiro atoms. The number of methoxy groups -OCH3 is 1. The van der Waals surface area contributed by atoms with Gasteiger partial charge in [-0.25, -0.2) is 0 Å². The van der Waals surface area contributed by atoms with Gasteiger partial charge in [0, 0.05) is 26.8 Å². The Kier molecular flexibility index (Phi) is 7.20. The van der Waals surface area contributed by atoms with Crippen LogP contribution in [0.1, 0.15) is 24.0 Å². The number of ether oxygens (including phenoxy) is 2. The zero-order chi connectivity index (χ0) is 14.9. The number of rotatable bonds is 11. The van der Waals surface area contributed by atoms with Crippen LogP contribution in [0.25, 0.3) is 0 Å². The third-order valence-electron chi connectivity index (χ3n) is 3.93. The van der Waals surface area contributed by atoms with Crippen LogP contribution in [0.2, 0.25) is 0 Å². The van der Waals surface area contributed by atoms with E-state index in [9.17, 15) is 0 Å². The van der Waals surface area contributed by atoms with Gasteiger partial charge in [0.2, 0.25) is 0 Å². The van der Waals surface area contributed by atoms with Gasteiger partial charge in [0.15, 0.2) is 0 Å². The lowest BCUT2D eigenvalue weighted by Gasteiger charge is -2.18. The van der Waals surface area contributed by atoms with Crippen LogP contribution >= 0.6 is 0 Å². The molecule has 1 aliphatic carbocycles. The van der Waals surface area contributed by atoms with Crippen molar-refractivity contribution in [2.24, 2.45) is 11.8 Å². The standard InChI is InChI=1S/C18H29NO2/c1-15-4-3-5-17(10-15)11-18(12-19-8-9-20-2)14-21-13-16-6-7-16/h3-5,10,16,18-19H,6-9,11-14H2,1-2H3. The molecule has 1 atom stereocenters. The molecule has 3 nitrogen and oxygen atoms in total. The Morgan fingerprint density at radius 2 is 2.19 bits per heavy atom. The lowest BCUT2D eigenvalue weighted by Crippen LogP contribution is -2.30. The molecule has 0 heterocycles. The molecule has 21 heavy (non-hydrogen) atoms. The number of nitrogens with one attached hydrogen (secondary N) is 1. The molecule has 0 aliphatic heterocycles. The third-order valence-corrected chi connectivity index (χ3v) is 3.93. The maximum atomic E-state index is 5.91. The predicted molar refractivity (Wildman–Crippen MR) is 86.7 cm³/mol. The zero-order valence-corrected chi connectivity index (χ0v) is 13.4. The van der Waals surface area contributed by atoms with Gasteiger partial charge in [-0.05, 0) is 43.6 Å². The minimum atomic E-state index is 0.530. The van der Waals surface area contributed by atoms with Gasteiger partial charge in [-0.3, -0.25) is 0 Å². The summed E-state index contributed by atoms with van der Waals surface area (Å²) in [6.07, 6.45) is 3.79. The van der Waals surface area contributed by atoms with Crippen molar-refractivity contribution >= 4 is 0 Å². The van der Waals surface area contributed by atoms with Crippen molar-refractivity contribution in [3.63, 3.8) is 0 Å². The molecule has 1 aromatic carbocycles. The van der Waals surface area contributed by atoms with Crippen LogP contribution < -0.4 is 5.32 Å². The summed E-state index contributed by atoms with van der Waals surface area (Å²) in [5.41, 5.74) is 2.74. The highest BCUT2D eigenvalue weighted by atomic mass is 16.5. The van der Waals surface area contributed by atoms with E-state index in [-0.39, 0.29) is 0 Å². The van der Waals surface area contributed by atoms with E-state index in [1.54, 1.807) is 7.11 Å². The fourth-order valence-corrected chi connectivity index (χ4v) is 2.53. The number of benzene rings is 1. The molecule has 1 aliphatic rings. The Bertz CT molecular complexity index is 404. The number of aryl methyl sites for hydroxylation is 1. The summed E-state index contributed by atoms with van der Waals surface area (Å²) in [5.74, 6) is 1.37. The van der Waals surface area contributed by atoms with Gasteiger partial charge in [0.05, 0.1) is 13.2 Å². The first-order valence-corrected chi connectivity index (χ1v) is 8.11. The van der Waals surface area contributed by atoms with Gasteiger partial charge in [0.25, 0.3) is 0 Å². The smallest absolute Gasteiger partial charge is 0.0587 e. The van der Waals surface area contributed by atoms with Crippen molar-refractivity contribution in [1.29, 1.82) is 0 Å². The normalized spacial score (nSPS) is 16.1. The maximum Gasteiger partial charge on any atom is 0.0587 e. The monoisotopic (exact) mass is 291 g/mol. The summed E-state index contributed by atoms with van der Waals surface area (Å²) in [5, 5.41) is 3.47. The Morgan fingerprint density at radius 3 is 2.90 bits per heavy atom. The highest BCUT2D eigenvalue weighted by Gasteiger charge is 2.21. The molecular formula is C18H29NO2. The van der Waals surface area contributed by atoms with E-state index in [2.05, 4.69) is 36.5 Å². The fraction of sp³-hybridized carbons (Fsp3) is 0.667. The minimum absolute atomic E-state index is 0.530. The molecule has 0 bridgehead atoms. The molecule has 118 valence electrons. The average Bonchev–Trinajstić information content (AvgIpc) is 3.27. The Morgan fingerprint density at radius 1 is 1.33 bits per heavy atom. The second-order valence-corrected chi connectivity index (χ2v) is 6.24. The van der Waals surface area contributed by atoms with Crippen LogP contribution in [0.15, 0.2) is 24.3 Å². The summed E-state index contributed by atoms with van der Waals surface area (Å²) in [6, 6.07) is 8.79. The van der Waals surface area contributed by atoms with Gasteiger partial charge in [-0.1, -0.05) is 29.8 Å². The molecule has 1 N–H and O–H groups in total. The van der Waals surface area contributed by atoms with Gasteiger partial charge in [-0.2, -0.15) is 0 Å². The quantitative estimate of drug-likeness (QED) is 0.636. The second-order valence-electron chi connectivity index (χ2n) is 6.24. The van der Waals surface area contributed by atoms with Crippen LogP contribution in [-0.4, -0.2) is 40.0 Å².